The Balaban J connectivity index is 1.74. The molecule has 2 nitrogen and oxygen atoms in total. The second-order valence-corrected chi connectivity index (χ2v) is 8.99. The van der Waals surface area contributed by atoms with Gasteiger partial charge in [-0.3, -0.25) is 0 Å². The first-order valence-corrected chi connectivity index (χ1v) is 11.4. The summed E-state index contributed by atoms with van der Waals surface area (Å²) in [5.41, 5.74) is 6.75. The van der Waals surface area contributed by atoms with E-state index in [1.165, 1.54) is 27.9 Å². The van der Waals surface area contributed by atoms with Gasteiger partial charge in [0.25, 0.3) is 0 Å². The number of rotatable bonds is 9. The minimum atomic E-state index is 0.944. The molecule has 162 valence electrons. The molecular formula is C30H33N2+. The molecule has 32 heavy (non-hydrogen) atoms. The van der Waals surface area contributed by atoms with E-state index in [9.17, 15) is 0 Å². The van der Waals surface area contributed by atoms with Gasteiger partial charge in [0, 0.05) is 42.0 Å². The Bertz CT molecular complexity index is 971. The lowest BCUT2D eigenvalue weighted by Crippen LogP contribution is -2.45. The minimum Gasteiger partial charge on any atom is -0.378 e. The fraction of sp³-hybridized carbons (Fsp3) is 0.200. The molecule has 0 radical (unpaired) electrons. The molecule has 0 aliphatic heterocycles. The highest BCUT2D eigenvalue weighted by molar-refractivity contribution is 5.45. The van der Waals surface area contributed by atoms with Crippen LogP contribution in [0, 0.1) is 0 Å². The Morgan fingerprint density at radius 1 is 0.438 bits per heavy atom. The van der Waals surface area contributed by atoms with E-state index >= 15 is 0 Å². The van der Waals surface area contributed by atoms with Crippen LogP contribution in [0.25, 0.3) is 0 Å². The van der Waals surface area contributed by atoms with Crippen molar-refractivity contribution < 1.29 is 4.48 Å². The van der Waals surface area contributed by atoms with Crippen LogP contribution in [0.2, 0.25) is 0 Å². The van der Waals surface area contributed by atoms with Gasteiger partial charge in [-0.05, 0) is 12.1 Å². The Hall–Kier alpha value is -3.36. The van der Waals surface area contributed by atoms with E-state index in [4.69, 9.17) is 0 Å². The molecular weight excluding hydrogens is 388 g/mol. The quantitative estimate of drug-likeness (QED) is 0.273. The molecule has 0 amide bonds. The molecule has 0 atom stereocenters. The second kappa shape index (κ2) is 10.3. The monoisotopic (exact) mass is 421 g/mol. The SMILES string of the molecule is CN(C)c1ccc(C[N+](Cc2ccccc2)(Cc2ccccc2)Cc2ccccc2)cc1. The Labute approximate surface area is 193 Å². The molecule has 0 heterocycles. The van der Waals surface area contributed by atoms with E-state index in [2.05, 4.69) is 134 Å². The van der Waals surface area contributed by atoms with E-state index in [1.54, 1.807) is 0 Å². The topological polar surface area (TPSA) is 3.24 Å². The third kappa shape index (κ3) is 5.87. The minimum absolute atomic E-state index is 0.944. The first-order chi connectivity index (χ1) is 15.6. The van der Waals surface area contributed by atoms with Crippen LogP contribution in [0.1, 0.15) is 22.3 Å². The van der Waals surface area contributed by atoms with Crippen molar-refractivity contribution in [1.29, 1.82) is 0 Å². The summed E-state index contributed by atoms with van der Waals surface area (Å²) >= 11 is 0. The van der Waals surface area contributed by atoms with Crippen LogP contribution < -0.4 is 4.90 Å². The zero-order valence-corrected chi connectivity index (χ0v) is 19.2. The largest absolute Gasteiger partial charge is 0.378 e. The Morgan fingerprint density at radius 2 is 0.750 bits per heavy atom. The average Bonchev–Trinajstić information content (AvgIpc) is 2.81. The molecule has 0 aliphatic carbocycles. The molecule has 0 spiro atoms. The van der Waals surface area contributed by atoms with Gasteiger partial charge in [-0.1, -0.05) is 103 Å². The highest BCUT2D eigenvalue weighted by Gasteiger charge is 2.29. The normalized spacial score (nSPS) is 11.3. The molecule has 2 heteroatoms. The number of benzene rings is 4. The summed E-state index contributed by atoms with van der Waals surface area (Å²) in [7, 11) is 4.19. The smallest absolute Gasteiger partial charge is 0.105 e. The number of quaternary nitrogens is 1. The van der Waals surface area contributed by atoms with E-state index in [-0.39, 0.29) is 0 Å². The summed E-state index contributed by atoms with van der Waals surface area (Å²) in [6, 6.07) is 41.9. The van der Waals surface area contributed by atoms with Crippen molar-refractivity contribution >= 4 is 5.69 Å². The highest BCUT2D eigenvalue weighted by atomic mass is 15.3. The molecule has 4 rings (SSSR count). The van der Waals surface area contributed by atoms with Gasteiger partial charge in [0.15, 0.2) is 0 Å². The molecule has 4 aromatic carbocycles. The molecule has 0 fully saturated rings. The third-order valence-corrected chi connectivity index (χ3v) is 6.05. The van der Waals surface area contributed by atoms with Gasteiger partial charge >= 0.3 is 0 Å². The zero-order chi connectivity index (χ0) is 22.2. The Kier molecular flexibility index (Phi) is 7.03. The van der Waals surface area contributed by atoms with Gasteiger partial charge in [0.2, 0.25) is 0 Å². The first-order valence-electron chi connectivity index (χ1n) is 11.4. The number of hydrogen-bond acceptors (Lipinski definition) is 1. The molecule has 0 N–H and O–H groups in total. The van der Waals surface area contributed by atoms with Crippen molar-refractivity contribution in [3.05, 3.63) is 138 Å². The molecule has 4 aromatic rings. The maximum absolute atomic E-state index is 2.29. The summed E-state index contributed by atoms with van der Waals surface area (Å²) in [6.45, 7) is 3.94. The van der Waals surface area contributed by atoms with Gasteiger partial charge in [0.05, 0.1) is 0 Å². The van der Waals surface area contributed by atoms with Crippen molar-refractivity contribution in [2.45, 2.75) is 26.2 Å². The summed E-state index contributed by atoms with van der Waals surface area (Å²) in [4.78, 5) is 2.16. The summed E-state index contributed by atoms with van der Waals surface area (Å²) < 4.78 is 0.944. The predicted molar refractivity (Wildman–Crippen MR) is 135 cm³/mol. The van der Waals surface area contributed by atoms with Gasteiger partial charge in [-0.25, -0.2) is 0 Å². The van der Waals surface area contributed by atoms with E-state index < -0.39 is 0 Å². The highest BCUT2D eigenvalue weighted by Crippen LogP contribution is 2.28. The molecule has 0 unspecified atom stereocenters. The van der Waals surface area contributed by atoms with E-state index in [0.717, 1.165) is 30.7 Å². The lowest BCUT2D eigenvalue weighted by atomic mass is 10.0. The maximum Gasteiger partial charge on any atom is 0.105 e. The number of nitrogens with zero attached hydrogens (tertiary/aromatic N) is 2. The van der Waals surface area contributed by atoms with Crippen molar-refractivity contribution in [3.8, 4) is 0 Å². The van der Waals surface area contributed by atoms with Crippen LogP contribution in [0.15, 0.2) is 115 Å². The zero-order valence-electron chi connectivity index (χ0n) is 19.2. The van der Waals surface area contributed by atoms with Crippen molar-refractivity contribution in [2.75, 3.05) is 19.0 Å². The fourth-order valence-electron chi connectivity index (χ4n) is 4.53. The summed E-state index contributed by atoms with van der Waals surface area (Å²) in [5.74, 6) is 0. The summed E-state index contributed by atoms with van der Waals surface area (Å²) in [6.07, 6.45) is 0. The van der Waals surface area contributed by atoms with Crippen LogP contribution >= 0.6 is 0 Å². The van der Waals surface area contributed by atoms with Crippen molar-refractivity contribution in [1.82, 2.24) is 0 Å². The van der Waals surface area contributed by atoms with E-state index in [1.807, 2.05) is 0 Å². The van der Waals surface area contributed by atoms with Crippen LogP contribution in [-0.2, 0) is 26.2 Å². The van der Waals surface area contributed by atoms with Crippen molar-refractivity contribution in [2.24, 2.45) is 0 Å². The molecule has 0 saturated heterocycles. The standard InChI is InChI=1S/C30H33N2/c1-31(2)30-20-18-29(19-21-30)25-32(22-26-12-6-3-7-13-26,23-27-14-8-4-9-15-27)24-28-16-10-5-11-17-28/h3-21H,22-25H2,1-2H3/q+1. The second-order valence-electron chi connectivity index (χ2n) is 8.99. The maximum atomic E-state index is 2.29. The fourth-order valence-corrected chi connectivity index (χ4v) is 4.53. The van der Waals surface area contributed by atoms with Gasteiger partial charge in [-0.15, -0.1) is 0 Å². The van der Waals surface area contributed by atoms with E-state index in [0.29, 0.717) is 0 Å². The average molecular weight is 422 g/mol. The molecule has 0 saturated carbocycles. The van der Waals surface area contributed by atoms with Gasteiger partial charge < -0.3 is 9.38 Å². The van der Waals surface area contributed by atoms with Crippen LogP contribution in [-0.4, -0.2) is 18.6 Å². The number of anilines is 1. The van der Waals surface area contributed by atoms with Crippen LogP contribution in [0.4, 0.5) is 5.69 Å². The molecule has 0 aromatic heterocycles. The lowest BCUT2D eigenvalue weighted by molar-refractivity contribution is -0.978. The molecule has 0 aliphatic rings. The number of hydrogen-bond donors (Lipinski definition) is 0. The first kappa shape index (κ1) is 21.9. The predicted octanol–water partition coefficient (Wildman–Crippen LogP) is 6.67. The van der Waals surface area contributed by atoms with Crippen molar-refractivity contribution in [3.63, 3.8) is 0 Å². The third-order valence-electron chi connectivity index (χ3n) is 6.05. The van der Waals surface area contributed by atoms with Gasteiger partial charge in [0.1, 0.15) is 26.2 Å². The molecule has 0 bridgehead atoms. The van der Waals surface area contributed by atoms with Gasteiger partial charge in [-0.2, -0.15) is 0 Å². The Morgan fingerprint density at radius 3 is 1.06 bits per heavy atom. The lowest BCUT2D eigenvalue weighted by Gasteiger charge is -2.39. The van der Waals surface area contributed by atoms with Crippen LogP contribution in [0.5, 0.6) is 0 Å². The summed E-state index contributed by atoms with van der Waals surface area (Å²) in [5, 5.41) is 0. The van der Waals surface area contributed by atoms with Crippen LogP contribution in [0.3, 0.4) is 0 Å².